The minimum Gasteiger partial charge on any atom is -0.366 e. The van der Waals surface area contributed by atoms with Crippen LogP contribution in [0, 0.1) is 6.92 Å². The predicted octanol–water partition coefficient (Wildman–Crippen LogP) is 6.61. The fourth-order valence-corrected chi connectivity index (χ4v) is 5.70. The average molecular weight is 591 g/mol. The van der Waals surface area contributed by atoms with Crippen molar-refractivity contribution < 1.29 is 14.4 Å². The molecule has 1 aliphatic heterocycles. The maximum Gasteiger partial charge on any atom is 0.258 e. The van der Waals surface area contributed by atoms with Crippen LogP contribution in [0.1, 0.15) is 76.3 Å². The number of carbonyl (C=O) groups is 3. The third-order valence-corrected chi connectivity index (χ3v) is 8.49. The van der Waals surface area contributed by atoms with Crippen molar-refractivity contribution in [1.29, 1.82) is 0 Å². The van der Waals surface area contributed by atoms with E-state index in [0.29, 0.717) is 17.0 Å². The molecule has 0 spiro atoms. The number of halogens is 1. The van der Waals surface area contributed by atoms with Crippen molar-refractivity contribution in [3.05, 3.63) is 95.1 Å². The molecule has 39 heavy (non-hydrogen) atoms. The zero-order valence-electron chi connectivity index (χ0n) is 22.6. The number of alkyl halides is 1. The standard InChI is InChI=1S/C24H27BrN2O2.C8H9NO/c1-26(20-11-13-21(14-12-20)27-16-15-22(25)24(27)29)23(28)19-9-7-18(8-10-19)17-5-3-2-4-6-17;1-6-4-2-3-5-7(6)8(9)10/h7-14,17,22H,2-6,15-16H2,1H3;2-5H,1H3,(H2,9,10). The highest BCUT2D eigenvalue weighted by molar-refractivity contribution is 9.10. The Labute approximate surface area is 239 Å². The van der Waals surface area contributed by atoms with Crippen molar-refractivity contribution in [2.24, 2.45) is 5.73 Å². The van der Waals surface area contributed by atoms with Gasteiger partial charge in [0.2, 0.25) is 11.8 Å². The molecule has 0 radical (unpaired) electrons. The Morgan fingerprint density at radius 2 is 1.54 bits per heavy atom. The van der Waals surface area contributed by atoms with E-state index in [9.17, 15) is 14.4 Å². The second kappa shape index (κ2) is 13.1. The Morgan fingerprint density at radius 1 is 0.897 bits per heavy atom. The molecule has 1 saturated carbocycles. The summed E-state index contributed by atoms with van der Waals surface area (Å²) in [5.74, 6) is 0.356. The molecular weight excluding hydrogens is 554 g/mol. The molecule has 204 valence electrons. The summed E-state index contributed by atoms with van der Waals surface area (Å²) < 4.78 is 0. The first-order valence-corrected chi connectivity index (χ1v) is 14.5. The highest BCUT2D eigenvalue weighted by Gasteiger charge is 2.30. The van der Waals surface area contributed by atoms with Gasteiger partial charge in [0.25, 0.3) is 5.91 Å². The van der Waals surface area contributed by atoms with Gasteiger partial charge in [0.05, 0.1) is 4.83 Å². The highest BCUT2D eigenvalue weighted by Crippen LogP contribution is 2.33. The smallest absolute Gasteiger partial charge is 0.258 e. The second-order valence-electron chi connectivity index (χ2n) is 10.3. The molecule has 6 nitrogen and oxygen atoms in total. The topological polar surface area (TPSA) is 83.7 Å². The molecule has 1 aliphatic carbocycles. The van der Waals surface area contributed by atoms with Gasteiger partial charge in [-0.15, -0.1) is 0 Å². The molecule has 3 aromatic rings. The molecule has 0 bridgehead atoms. The molecule has 2 N–H and O–H groups in total. The number of carbonyl (C=O) groups excluding carboxylic acids is 3. The fourth-order valence-electron chi connectivity index (χ4n) is 5.25. The third kappa shape index (κ3) is 6.95. The van der Waals surface area contributed by atoms with E-state index >= 15 is 0 Å². The highest BCUT2D eigenvalue weighted by atomic mass is 79.9. The Hall–Kier alpha value is -3.45. The lowest BCUT2D eigenvalue weighted by Gasteiger charge is -2.23. The quantitative estimate of drug-likeness (QED) is 0.340. The zero-order chi connectivity index (χ0) is 27.9. The fraction of sp³-hybridized carbons (Fsp3) is 0.344. The molecule has 3 amide bonds. The van der Waals surface area contributed by atoms with Crippen LogP contribution in [0.4, 0.5) is 11.4 Å². The lowest BCUT2D eigenvalue weighted by Crippen LogP contribution is -2.28. The average Bonchev–Trinajstić information content (AvgIpc) is 3.31. The number of hydrogen-bond donors (Lipinski definition) is 1. The Balaban J connectivity index is 0.000000298. The Bertz CT molecular complexity index is 1300. The van der Waals surface area contributed by atoms with E-state index < -0.39 is 0 Å². The van der Waals surface area contributed by atoms with Crippen LogP contribution in [0.2, 0.25) is 0 Å². The summed E-state index contributed by atoms with van der Waals surface area (Å²) in [6.45, 7) is 2.58. The summed E-state index contributed by atoms with van der Waals surface area (Å²) in [5, 5.41) is 0. The van der Waals surface area contributed by atoms with Gasteiger partial charge in [-0.1, -0.05) is 65.5 Å². The molecule has 3 aromatic carbocycles. The molecule has 7 heteroatoms. The normalized spacial score (nSPS) is 17.4. The number of amides is 3. The number of nitrogens with zero attached hydrogens (tertiary/aromatic N) is 2. The van der Waals surface area contributed by atoms with E-state index in [4.69, 9.17) is 5.73 Å². The Morgan fingerprint density at radius 3 is 2.08 bits per heavy atom. The molecule has 2 aliphatic rings. The first-order valence-electron chi connectivity index (χ1n) is 13.5. The number of rotatable bonds is 5. The van der Waals surface area contributed by atoms with Crippen molar-refractivity contribution in [2.75, 3.05) is 23.4 Å². The lowest BCUT2D eigenvalue weighted by molar-refractivity contribution is -0.116. The summed E-state index contributed by atoms with van der Waals surface area (Å²) in [6, 6.07) is 23.0. The van der Waals surface area contributed by atoms with Gasteiger partial charge in [0.15, 0.2) is 0 Å². The van der Waals surface area contributed by atoms with Crippen LogP contribution < -0.4 is 15.5 Å². The van der Waals surface area contributed by atoms with Gasteiger partial charge in [0, 0.05) is 36.1 Å². The van der Waals surface area contributed by atoms with Gasteiger partial charge in [-0.05, 0) is 85.7 Å². The summed E-state index contributed by atoms with van der Waals surface area (Å²) in [5.41, 5.74) is 10.3. The van der Waals surface area contributed by atoms with Gasteiger partial charge in [-0.3, -0.25) is 14.4 Å². The van der Waals surface area contributed by atoms with Crippen molar-refractivity contribution in [1.82, 2.24) is 0 Å². The van der Waals surface area contributed by atoms with Crippen molar-refractivity contribution in [3.8, 4) is 0 Å². The monoisotopic (exact) mass is 589 g/mol. The summed E-state index contributed by atoms with van der Waals surface area (Å²) in [4.78, 5) is 39.1. The molecular formula is C32H36BrN3O3. The van der Waals surface area contributed by atoms with Crippen molar-refractivity contribution in [2.45, 2.75) is 56.2 Å². The first-order chi connectivity index (χ1) is 18.8. The van der Waals surface area contributed by atoms with Crippen molar-refractivity contribution in [3.63, 3.8) is 0 Å². The van der Waals surface area contributed by atoms with Crippen molar-refractivity contribution >= 4 is 45.0 Å². The largest absolute Gasteiger partial charge is 0.366 e. The van der Waals surface area contributed by atoms with E-state index in [1.807, 2.05) is 55.5 Å². The summed E-state index contributed by atoms with van der Waals surface area (Å²) >= 11 is 3.41. The van der Waals surface area contributed by atoms with E-state index in [1.165, 1.54) is 37.7 Å². The SMILES string of the molecule is CN(C(=O)c1ccc(C2CCCCC2)cc1)c1ccc(N2CCC(Br)C2=O)cc1.Cc1ccccc1C(N)=O. The number of nitrogens with two attached hydrogens (primary N) is 1. The lowest BCUT2D eigenvalue weighted by atomic mass is 9.84. The second-order valence-corrected chi connectivity index (χ2v) is 11.4. The maximum absolute atomic E-state index is 12.9. The minimum atomic E-state index is -0.363. The van der Waals surface area contributed by atoms with Crippen LogP contribution in [-0.2, 0) is 4.79 Å². The van der Waals surface area contributed by atoms with E-state index in [0.717, 1.165) is 29.9 Å². The number of primary amides is 1. The van der Waals surface area contributed by atoms with Crippen LogP contribution >= 0.6 is 15.9 Å². The zero-order valence-corrected chi connectivity index (χ0v) is 24.2. The third-order valence-electron chi connectivity index (χ3n) is 7.64. The summed E-state index contributed by atoms with van der Waals surface area (Å²) in [7, 11) is 1.79. The molecule has 1 atom stereocenters. The van der Waals surface area contributed by atoms with E-state index in [2.05, 4.69) is 28.1 Å². The van der Waals surface area contributed by atoms with Gasteiger partial charge in [-0.2, -0.15) is 0 Å². The van der Waals surface area contributed by atoms with Gasteiger partial charge >= 0.3 is 0 Å². The maximum atomic E-state index is 12.9. The van der Waals surface area contributed by atoms with E-state index in [-0.39, 0.29) is 22.5 Å². The molecule has 5 rings (SSSR count). The molecule has 0 aromatic heterocycles. The van der Waals surface area contributed by atoms with Crippen LogP contribution in [-0.4, -0.2) is 36.1 Å². The number of benzene rings is 3. The molecule has 1 unspecified atom stereocenters. The molecule has 1 saturated heterocycles. The van der Waals surface area contributed by atoms with Crippen LogP contribution in [0.5, 0.6) is 0 Å². The Kier molecular flexibility index (Phi) is 9.57. The van der Waals surface area contributed by atoms with Crippen LogP contribution in [0.15, 0.2) is 72.8 Å². The molecule has 2 fully saturated rings. The van der Waals surface area contributed by atoms with Gasteiger partial charge in [0.1, 0.15) is 0 Å². The van der Waals surface area contributed by atoms with E-state index in [1.54, 1.807) is 29.0 Å². The number of aryl methyl sites for hydroxylation is 1. The first kappa shape index (κ1) is 28.6. The van der Waals surface area contributed by atoms with Gasteiger partial charge < -0.3 is 15.5 Å². The number of anilines is 2. The van der Waals surface area contributed by atoms with Crippen LogP contribution in [0.25, 0.3) is 0 Å². The number of hydrogen-bond acceptors (Lipinski definition) is 3. The minimum absolute atomic E-state index is 0.0225. The van der Waals surface area contributed by atoms with Crippen LogP contribution in [0.3, 0.4) is 0 Å². The molecule has 1 heterocycles. The predicted molar refractivity (Wildman–Crippen MR) is 161 cm³/mol. The van der Waals surface area contributed by atoms with Gasteiger partial charge in [-0.25, -0.2) is 0 Å². The summed E-state index contributed by atoms with van der Waals surface area (Å²) in [6.07, 6.45) is 7.30.